The molecule has 1 amide bonds. The first kappa shape index (κ1) is 16.6. The van der Waals surface area contributed by atoms with Crippen molar-refractivity contribution in [2.45, 2.75) is 6.42 Å². The highest BCUT2D eigenvalue weighted by Crippen LogP contribution is 1.90. The lowest BCUT2D eigenvalue weighted by molar-refractivity contribution is -0.144. The average Bonchev–Trinajstić information content (AvgIpc) is 2.29. The second kappa shape index (κ2) is 7.88. The maximum Gasteiger partial charge on any atom is 0.424 e. The molecule has 0 bridgehead atoms. The number of carbonyl (C=O) groups is 2. The maximum absolute atomic E-state index is 11.3. The minimum Gasteiger partial charge on any atom is -0.466 e. The van der Waals surface area contributed by atoms with Gasteiger partial charge >= 0.3 is 12.1 Å². The van der Waals surface area contributed by atoms with Gasteiger partial charge in [0.1, 0.15) is 9.84 Å². The van der Waals surface area contributed by atoms with Crippen LogP contribution in [0.3, 0.4) is 0 Å². The molecule has 0 aromatic rings. The van der Waals surface area contributed by atoms with Crippen molar-refractivity contribution in [3.63, 3.8) is 0 Å². The average molecular weight is 282 g/mol. The van der Waals surface area contributed by atoms with E-state index in [-0.39, 0.29) is 5.75 Å². The van der Waals surface area contributed by atoms with Crippen molar-refractivity contribution in [3.8, 4) is 0 Å². The largest absolute Gasteiger partial charge is 0.466 e. The smallest absolute Gasteiger partial charge is 0.424 e. The summed E-state index contributed by atoms with van der Waals surface area (Å²) in [6.45, 7) is -0.165. The molecule has 106 valence electrons. The van der Waals surface area contributed by atoms with Crippen molar-refractivity contribution >= 4 is 21.9 Å². The Morgan fingerprint density at radius 1 is 1.33 bits per heavy atom. The van der Waals surface area contributed by atoms with Gasteiger partial charge in [0.25, 0.3) is 0 Å². The predicted octanol–water partition coefficient (Wildman–Crippen LogP) is -0.833. The summed E-state index contributed by atoms with van der Waals surface area (Å²) in [6.07, 6.45) is 0.758. The number of sulfone groups is 1. The van der Waals surface area contributed by atoms with Gasteiger partial charge in [-0.3, -0.25) is 0 Å². The topological polar surface area (TPSA) is 102 Å². The Morgan fingerprint density at radius 3 is 2.44 bits per heavy atom. The third-order valence-corrected chi connectivity index (χ3v) is 2.89. The minimum atomic E-state index is -3.00. The number of esters is 1. The molecule has 0 atom stereocenters. The maximum atomic E-state index is 11.3. The molecular weight excluding hydrogens is 264 g/mol. The Labute approximate surface area is 106 Å². The second-order valence-electron chi connectivity index (χ2n) is 3.58. The lowest BCUT2D eigenvalue weighted by Crippen LogP contribution is -2.41. The number of carbonyl (C=O) groups excluding carboxylic acids is 2. The lowest BCUT2D eigenvalue weighted by Gasteiger charge is -2.17. The normalized spacial score (nSPS) is 10.8. The van der Waals surface area contributed by atoms with Gasteiger partial charge in [0.2, 0.25) is 0 Å². The van der Waals surface area contributed by atoms with Crippen molar-refractivity contribution < 1.29 is 27.5 Å². The van der Waals surface area contributed by atoms with Gasteiger partial charge in [0.05, 0.1) is 12.9 Å². The van der Waals surface area contributed by atoms with Gasteiger partial charge < -0.3 is 9.47 Å². The van der Waals surface area contributed by atoms with E-state index in [1.165, 1.54) is 14.2 Å². The van der Waals surface area contributed by atoms with Crippen LogP contribution in [0.2, 0.25) is 0 Å². The van der Waals surface area contributed by atoms with E-state index in [1.54, 1.807) is 0 Å². The number of nitrogens with one attached hydrogen (secondary N) is 1. The van der Waals surface area contributed by atoms with Crippen LogP contribution in [0, 0.1) is 0 Å². The molecule has 1 N–H and O–H groups in total. The fourth-order valence-corrected chi connectivity index (χ4v) is 1.59. The van der Waals surface area contributed by atoms with Gasteiger partial charge in [0, 0.05) is 19.8 Å². The van der Waals surface area contributed by atoms with Crippen molar-refractivity contribution in [3.05, 3.63) is 0 Å². The molecule has 0 saturated carbocycles. The highest BCUT2D eigenvalue weighted by atomic mass is 32.2. The summed E-state index contributed by atoms with van der Waals surface area (Å²) in [5.74, 6) is -0.626. The molecule has 0 aromatic heterocycles. The number of hydrogen-bond acceptors (Lipinski definition) is 7. The summed E-state index contributed by atoms with van der Waals surface area (Å²) in [7, 11) is -0.416. The summed E-state index contributed by atoms with van der Waals surface area (Å²) < 4.78 is 30.6. The van der Waals surface area contributed by atoms with Crippen molar-refractivity contribution in [2.24, 2.45) is 0 Å². The van der Waals surface area contributed by atoms with Crippen molar-refractivity contribution in [1.82, 2.24) is 10.4 Å². The molecule has 0 fully saturated rings. The number of ether oxygens (including phenoxy) is 2. The quantitative estimate of drug-likeness (QED) is 0.369. The summed E-state index contributed by atoms with van der Waals surface area (Å²) in [6, 6.07) is 0. The second-order valence-corrected chi connectivity index (χ2v) is 5.84. The van der Waals surface area contributed by atoms with E-state index in [9.17, 15) is 18.0 Å². The van der Waals surface area contributed by atoms with Crippen LogP contribution in [0.4, 0.5) is 4.79 Å². The number of methoxy groups -OCH3 is 1. The number of hydrogen-bond donors (Lipinski definition) is 1. The van der Waals surface area contributed by atoms with Gasteiger partial charge in [-0.05, 0) is 6.42 Å². The predicted molar refractivity (Wildman–Crippen MR) is 63.5 cm³/mol. The molecule has 9 heteroatoms. The summed E-state index contributed by atoms with van der Waals surface area (Å²) in [5, 5.41) is 1.03. The van der Waals surface area contributed by atoms with Crippen LogP contribution in [0.15, 0.2) is 0 Å². The van der Waals surface area contributed by atoms with Gasteiger partial charge in [0.15, 0.2) is 6.61 Å². The fourth-order valence-electron chi connectivity index (χ4n) is 0.922. The number of rotatable bonds is 7. The van der Waals surface area contributed by atoms with E-state index in [2.05, 4.69) is 14.9 Å². The summed E-state index contributed by atoms with van der Waals surface area (Å²) >= 11 is 0. The Hall–Kier alpha value is -1.35. The summed E-state index contributed by atoms with van der Waals surface area (Å²) in [4.78, 5) is 22.0. The summed E-state index contributed by atoms with van der Waals surface area (Å²) in [5.41, 5.74) is 2.64. The van der Waals surface area contributed by atoms with Crippen LogP contribution in [0.5, 0.6) is 0 Å². The molecule has 8 nitrogen and oxygen atoms in total. The SMILES string of the molecule is COC(=O)COC(=O)N(C)NCCCS(C)(=O)=O. The van der Waals surface area contributed by atoms with Gasteiger partial charge in [-0.2, -0.15) is 0 Å². The van der Waals surface area contributed by atoms with E-state index in [1.807, 2.05) is 0 Å². The Kier molecular flexibility index (Phi) is 7.29. The number of hydrazine groups is 1. The van der Waals surface area contributed by atoms with E-state index in [4.69, 9.17) is 0 Å². The molecule has 0 radical (unpaired) electrons. The van der Waals surface area contributed by atoms with Crippen LogP contribution in [0.1, 0.15) is 6.42 Å². The molecule has 0 rings (SSSR count). The molecule has 0 aliphatic heterocycles. The first-order valence-corrected chi connectivity index (χ1v) is 7.21. The van der Waals surface area contributed by atoms with E-state index < -0.39 is 28.5 Å². The van der Waals surface area contributed by atoms with Gasteiger partial charge in [-0.1, -0.05) is 0 Å². The molecule has 0 heterocycles. The number of amides is 1. The van der Waals surface area contributed by atoms with Crippen LogP contribution >= 0.6 is 0 Å². The van der Waals surface area contributed by atoms with Crippen molar-refractivity contribution in [2.75, 3.05) is 39.3 Å². The molecule has 0 aliphatic carbocycles. The van der Waals surface area contributed by atoms with Crippen LogP contribution in [-0.2, 0) is 24.1 Å². The molecule has 0 saturated heterocycles. The van der Waals surface area contributed by atoms with Crippen LogP contribution < -0.4 is 5.43 Å². The van der Waals surface area contributed by atoms with Gasteiger partial charge in [-0.25, -0.2) is 28.4 Å². The Balaban J connectivity index is 3.78. The Morgan fingerprint density at radius 2 is 1.94 bits per heavy atom. The lowest BCUT2D eigenvalue weighted by atomic mass is 10.5. The number of nitrogens with zero attached hydrogens (tertiary/aromatic N) is 1. The molecule has 0 aliphatic rings. The van der Waals surface area contributed by atoms with Crippen molar-refractivity contribution in [1.29, 1.82) is 0 Å². The highest BCUT2D eigenvalue weighted by Gasteiger charge is 2.12. The monoisotopic (exact) mass is 282 g/mol. The Bertz CT molecular complexity index is 381. The van der Waals surface area contributed by atoms with Crippen LogP contribution in [-0.4, -0.2) is 64.8 Å². The zero-order valence-electron chi connectivity index (χ0n) is 10.6. The van der Waals surface area contributed by atoms with Gasteiger partial charge in [-0.15, -0.1) is 0 Å². The first-order chi connectivity index (χ1) is 8.26. The van der Waals surface area contributed by atoms with E-state index >= 15 is 0 Å². The van der Waals surface area contributed by atoms with E-state index in [0.717, 1.165) is 11.3 Å². The fraction of sp³-hybridized carbons (Fsp3) is 0.778. The minimum absolute atomic E-state index is 0.0328. The first-order valence-electron chi connectivity index (χ1n) is 5.15. The highest BCUT2D eigenvalue weighted by molar-refractivity contribution is 7.90. The molecule has 0 unspecified atom stereocenters. The molecule has 0 spiro atoms. The molecule has 18 heavy (non-hydrogen) atoms. The zero-order chi connectivity index (χ0) is 14.2. The van der Waals surface area contributed by atoms with E-state index in [0.29, 0.717) is 13.0 Å². The third kappa shape index (κ3) is 8.76. The molecule has 0 aromatic carbocycles. The van der Waals surface area contributed by atoms with Crippen LogP contribution in [0.25, 0.3) is 0 Å². The standard InChI is InChI=1S/C9H18N2O6S/c1-11(9(13)17-7-8(12)16-2)10-5-4-6-18(3,14)15/h10H,4-7H2,1-3H3. The zero-order valence-corrected chi connectivity index (χ0v) is 11.4. The molecular formula is C9H18N2O6S. The third-order valence-electron chi connectivity index (χ3n) is 1.86.